The SMILES string of the molecule is CN(Cc1ccc(OC(F)(F)F)cc1)C(=O)c1ccc(=O)[nH]n1. The van der Waals surface area contributed by atoms with Crippen molar-refractivity contribution in [3.05, 3.63) is 58.0 Å². The van der Waals surface area contributed by atoms with E-state index in [1.807, 2.05) is 0 Å². The van der Waals surface area contributed by atoms with Gasteiger partial charge in [-0.2, -0.15) is 5.10 Å². The van der Waals surface area contributed by atoms with Gasteiger partial charge in [-0.05, 0) is 23.8 Å². The molecule has 9 heteroatoms. The Morgan fingerprint density at radius 3 is 2.39 bits per heavy atom. The van der Waals surface area contributed by atoms with E-state index in [1.165, 1.54) is 48.3 Å². The molecule has 0 spiro atoms. The van der Waals surface area contributed by atoms with Crippen LogP contribution in [-0.2, 0) is 6.54 Å². The fourth-order valence-electron chi connectivity index (χ4n) is 1.80. The van der Waals surface area contributed by atoms with Gasteiger partial charge in [-0.15, -0.1) is 13.2 Å². The summed E-state index contributed by atoms with van der Waals surface area (Å²) in [6.45, 7) is 0.159. The van der Waals surface area contributed by atoms with E-state index >= 15 is 0 Å². The summed E-state index contributed by atoms with van der Waals surface area (Å²) in [7, 11) is 1.51. The van der Waals surface area contributed by atoms with Gasteiger partial charge in [-0.1, -0.05) is 12.1 Å². The normalized spacial score (nSPS) is 11.1. The summed E-state index contributed by atoms with van der Waals surface area (Å²) in [6, 6.07) is 7.64. The molecule has 0 radical (unpaired) electrons. The number of nitrogens with zero attached hydrogens (tertiary/aromatic N) is 2. The molecular weight excluding hydrogens is 315 g/mol. The van der Waals surface area contributed by atoms with Crippen molar-refractivity contribution in [1.29, 1.82) is 0 Å². The van der Waals surface area contributed by atoms with Crippen molar-refractivity contribution in [2.24, 2.45) is 0 Å². The summed E-state index contributed by atoms with van der Waals surface area (Å²) >= 11 is 0. The Morgan fingerprint density at radius 1 is 1.22 bits per heavy atom. The summed E-state index contributed by atoms with van der Waals surface area (Å²) in [4.78, 5) is 24.3. The lowest BCUT2D eigenvalue weighted by atomic mass is 10.2. The maximum absolute atomic E-state index is 12.1. The van der Waals surface area contributed by atoms with Crippen molar-refractivity contribution < 1.29 is 22.7 Å². The minimum absolute atomic E-state index is 0.0594. The number of hydrogen-bond acceptors (Lipinski definition) is 4. The van der Waals surface area contributed by atoms with Gasteiger partial charge in [0.25, 0.3) is 11.5 Å². The van der Waals surface area contributed by atoms with E-state index in [0.717, 1.165) is 0 Å². The molecule has 0 aliphatic carbocycles. The number of H-pyrrole nitrogens is 1. The quantitative estimate of drug-likeness (QED) is 0.931. The number of rotatable bonds is 4. The van der Waals surface area contributed by atoms with Crippen LogP contribution in [0.5, 0.6) is 5.75 Å². The third kappa shape index (κ3) is 4.83. The van der Waals surface area contributed by atoms with Gasteiger partial charge in [-0.25, -0.2) is 5.10 Å². The number of ether oxygens (including phenoxy) is 1. The second-order valence-corrected chi connectivity index (χ2v) is 4.66. The highest BCUT2D eigenvalue weighted by Crippen LogP contribution is 2.23. The molecule has 0 saturated carbocycles. The van der Waals surface area contributed by atoms with Gasteiger partial charge in [0.2, 0.25) is 0 Å². The predicted molar refractivity (Wildman–Crippen MR) is 73.8 cm³/mol. The Labute approximate surface area is 128 Å². The number of carbonyl (C=O) groups is 1. The lowest BCUT2D eigenvalue weighted by Gasteiger charge is -2.17. The van der Waals surface area contributed by atoms with Crippen LogP contribution in [0.4, 0.5) is 13.2 Å². The molecule has 122 valence electrons. The summed E-state index contributed by atoms with van der Waals surface area (Å²) < 4.78 is 40.0. The minimum Gasteiger partial charge on any atom is -0.406 e. The zero-order valence-electron chi connectivity index (χ0n) is 11.9. The van der Waals surface area contributed by atoms with E-state index in [1.54, 1.807) is 0 Å². The molecule has 6 nitrogen and oxygen atoms in total. The van der Waals surface area contributed by atoms with Crippen LogP contribution in [-0.4, -0.2) is 34.4 Å². The number of aromatic nitrogens is 2. The van der Waals surface area contributed by atoms with Gasteiger partial charge in [0.15, 0.2) is 0 Å². The molecule has 0 aliphatic heterocycles. The Kier molecular flexibility index (Phi) is 4.68. The summed E-state index contributed by atoms with van der Waals surface area (Å²) in [6.07, 6.45) is -4.75. The van der Waals surface area contributed by atoms with Gasteiger partial charge in [0, 0.05) is 19.7 Å². The standard InChI is InChI=1S/C14H12F3N3O3/c1-20(13(22)11-6-7-12(21)19-18-11)8-9-2-4-10(5-3-9)23-14(15,16)17/h2-7H,8H2,1H3,(H,19,21). The van der Waals surface area contributed by atoms with E-state index in [2.05, 4.69) is 14.9 Å². The Morgan fingerprint density at radius 2 is 1.87 bits per heavy atom. The van der Waals surface area contributed by atoms with Crippen molar-refractivity contribution in [2.75, 3.05) is 7.05 Å². The van der Waals surface area contributed by atoms with Crippen LogP contribution in [0.2, 0.25) is 0 Å². The molecule has 1 aromatic heterocycles. The van der Waals surface area contributed by atoms with Crippen molar-refractivity contribution >= 4 is 5.91 Å². The fraction of sp³-hybridized carbons (Fsp3) is 0.214. The Hall–Kier alpha value is -2.84. The van der Waals surface area contributed by atoms with E-state index in [-0.39, 0.29) is 18.0 Å². The topological polar surface area (TPSA) is 75.3 Å². The van der Waals surface area contributed by atoms with Gasteiger partial charge < -0.3 is 9.64 Å². The molecule has 1 amide bonds. The van der Waals surface area contributed by atoms with E-state index < -0.39 is 17.8 Å². The monoisotopic (exact) mass is 327 g/mol. The smallest absolute Gasteiger partial charge is 0.406 e. The maximum Gasteiger partial charge on any atom is 0.573 e. The lowest BCUT2D eigenvalue weighted by Crippen LogP contribution is -2.28. The van der Waals surface area contributed by atoms with E-state index in [0.29, 0.717) is 5.56 Å². The largest absolute Gasteiger partial charge is 0.573 e. The van der Waals surface area contributed by atoms with Crippen LogP contribution in [0.25, 0.3) is 0 Å². The first kappa shape index (κ1) is 16.5. The van der Waals surface area contributed by atoms with Crippen molar-refractivity contribution in [1.82, 2.24) is 15.1 Å². The molecule has 2 aromatic rings. The molecule has 2 rings (SSSR count). The number of aromatic amines is 1. The van der Waals surface area contributed by atoms with Crippen LogP contribution < -0.4 is 10.3 Å². The molecule has 0 atom stereocenters. The van der Waals surface area contributed by atoms with Crippen LogP contribution in [0.1, 0.15) is 16.1 Å². The number of benzene rings is 1. The molecule has 0 fully saturated rings. The summed E-state index contributed by atoms with van der Waals surface area (Å²) in [5.74, 6) is -0.769. The lowest BCUT2D eigenvalue weighted by molar-refractivity contribution is -0.274. The van der Waals surface area contributed by atoms with Crippen LogP contribution in [0.3, 0.4) is 0 Å². The zero-order valence-corrected chi connectivity index (χ0v) is 11.9. The number of carbonyl (C=O) groups excluding carboxylic acids is 1. The first-order valence-corrected chi connectivity index (χ1v) is 6.40. The second kappa shape index (κ2) is 6.51. The first-order chi connectivity index (χ1) is 10.7. The second-order valence-electron chi connectivity index (χ2n) is 4.66. The average molecular weight is 327 g/mol. The molecule has 1 heterocycles. The number of hydrogen-bond donors (Lipinski definition) is 1. The average Bonchev–Trinajstić information content (AvgIpc) is 2.48. The van der Waals surface area contributed by atoms with Gasteiger partial charge in [-0.3, -0.25) is 9.59 Å². The molecular formula is C14H12F3N3O3. The summed E-state index contributed by atoms with van der Waals surface area (Å²) in [5.41, 5.74) is 0.244. The predicted octanol–water partition coefficient (Wildman–Crippen LogP) is 1.94. The number of halogens is 3. The highest BCUT2D eigenvalue weighted by molar-refractivity contribution is 5.91. The Bertz CT molecular complexity index is 721. The van der Waals surface area contributed by atoms with E-state index in [9.17, 15) is 22.8 Å². The first-order valence-electron chi connectivity index (χ1n) is 6.40. The number of amides is 1. The van der Waals surface area contributed by atoms with Gasteiger partial charge >= 0.3 is 6.36 Å². The van der Waals surface area contributed by atoms with Crippen LogP contribution in [0.15, 0.2) is 41.2 Å². The van der Waals surface area contributed by atoms with Crippen LogP contribution >= 0.6 is 0 Å². The van der Waals surface area contributed by atoms with Crippen molar-refractivity contribution in [3.63, 3.8) is 0 Å². The number of alkyl halides is 3. The van der Waals surface area contributed by atoms with Crippen molar-refractivity contribution in [2.45, 2.75) is 12.9 Å². The van der Waals surface area contributed by atoms with Crippen molar-refractivity contribution in [3.8, 4) is 5.75 Å². The molecule has 1 N–H and O–H groups in total. The molecule has 23 heavy (non-hydrogen) atoms. The third-order valence-electron chi connectivity index (χ3n) is 2.82. The molecule has 0 bridgehead atoms. The highest BCUT2D eigenvalue weighted by Gasteiger charge is 2.30. The highest BCUT2D eigenvalue weighted by atomic mass is 19.4. The maximum atomic E-state index is 12.1. The van der Waals surface area contributed by atoms with Crippen LogP contribution in [0, 0.1) is 0 Å². The summed E-state index contributed by atoms with van der Waals surface area (Å²) in [5, 5.41) is 5.77. The molecule has 0 unspecified atom stereocenters. The van der Waals surface area contributed by atoms with Gasteiger partial charge in [0.1, 0.15) is 11.4 Å². The number of nitrogens with one attached hydrogen (secondary N) is 1. The molecule has 0 aliphatic rings. The van der Waals surface area contributed by atoms with Gasteiger partial charge in [0.05, 0.1) is 0 Å². The zero-order chi connectivity index (χ0) is 17.0. The Balaban J connectivity index is 2.02. The molecule has 0 saturated heterocycles. The fourth-order valence-corrected chi connectivity index (χ4v) is 1.80. The van der Waals surface area contributed by atoms with E-state index in [4.69, 9.17) is 0 Å². The minimum atomic E-state index is -4.75. The molecule has 1 aromatic carbocycles. The third-order valence-corrected chi connectivity index (χ3v) is 2.82.